The molecule has 2 aromatic rings. The predicted octanol–water partition coefficient (Wildman–Crippen LogP) is 1.90. The summed E-state index contributed by atoms with van der Waals surface area (Å²) in [5.41, 5.74) is 1.22. The van der Waals surface area contributed by atoms with E-state index in [0.717, 1.165) is 12.8 Å². The number of esters is 1. The lowest BCUT2D eigenvalue weighted by Gasteiger charge is -2.10. The fourth-order valence-electron chi connectivity index (χ4n) is 2.01. The third kappa shape index (κ3) is 3.63. The van der Waals surface area contributed by atoms with Crippen molar-refractivity contribution in [2.24, 2.45) is 0 Å². The maximum atomic E-state index is 11.9. The number of aromatic nitrogens is 2. The number of hydrogen-bond acceptors (Lipinski definition) is 6. The summed E-state index contributed by atoms with van der Waals surface area (Å²) in [5, 5.41) is 5.85. The minimum atomic E-state index is -0.443. The number of nitrogens with zero attached hydrogens (tertiary/aromatic N) is 2. The molecule has 7 heteroatoms. The van der Waals surface area contributed by atoms with Crippen molar-refractivity contribution in [3.8, 4) is 0 Å². The van der Waals surface area contributed by atoms with Gasteiger partial charge in [-0.3, -0.25) is 4.79 Å². The third-order valence-electron chi connectivity index (χ3n) is 3.39. The average Bonchev–Trinajstić information content (AvgIpc) is 3.39. The van der Waals surface area contributed by atoms with Crippen molar-refractivity contribution >= 4 is 23.4 Å². The van der Waals surface area contributed by atoms with E-state index in [9.17, 15) is 9.59 Å². The lowest BCUT2D eigenvalue weighted by molar-refractivity contribution is 0.0601. The number of nitrogens with one attached hydrogen (secondary N) is 2. The van der Waals surface area contributed by atoms with E-state index in [1.807, 2.05) is 0 Å². The molecule has 23 heavy (non-hydrogen) atoms. The molecule has 0 saturated heterocycles. The van der Waals surface area contributed by atoms with Gasteiger partial charge in [-0.1, -0.05) is 12.1 Å². The molecular weight excluding hydrogens is 296 g/mol. The molecule has 2 N–H and O–H groups in total. The topological polar surface area (TPSA) is 93.2 Å². The van der Waals surface area contributed by atoms with Crippen molar-refractivity contribution in [2.75, 3.05) is 12.4 Å². The first-order valence-corrected chi connectivity index (χ1v) is 7.24. The van der Waals surface area contributed by atoms with Crippen molar-refractivity contribution in [1.82, 2.24) is 15.3 Å². The molecular formula is C16H16N4O3. The summed E-state index contributed by atoms with van der Waals surface area (Å²) in [6, 6.07) is 7.20. The lowest BCUT2D eigenvalue weighted by atomic mass is 10.2. The first-order valence-electron chi connectivity index (χ1n) is 7.24. The molecule has 1 heterocycles. The first kappa shape index (κ1) is 15.0. The van der Waals surface area contributed by atoms with Gasteiger partial charge in [-0.05, 0) is 25.0 Å². The van der Waals surface area contributed by atoms with Gasteiger partial charge in [0, 0.05) is 6.04 Å². The number of anilines is 2. The zero-order valence-corrected chi connectivity index (χ0v) is 12.6. The van der Waals surface area contributed by atoms with E-state index in [4.69, 9.17) is 4.74 Å². The van der Waals surface area contributed by atoms with Gasteiger partial charge in [-0.15, -0.1) is 0 Å². The van der Waals surface area contributed by atoms with Gasteiger partial charge >= 0.3 is 5.97 Å². The van der Waals surface area contributed by atoms with Gasteiger partial charge in [-0.25, -0.2) is 14.8 Å². The number of benzene rings is 1. The zero-order chi connectivity index (χ0) is 16.2. The smallest absolute Gasteiger partial charge is 0.339 e. The quantitative estimate of drug-likeness (QED) is 0.819. The number of ether oxygens (including phenoxy) is 1. The van der Waals surface area contributed by atoms with E-state index in [1.165, 1.54) is 19.5 Å². The molecule has 0 spiro atoms. The van der Waals surface area contributed by atoms with Crippen LogP contribution in [0.1, 0.15) is 33.7 Å². The summed E-state index contributed by atoms with van der Waals surface area (Å²) in [7, 11) is 1.33. The highest BCUT2D eigenvalue weighted by Gasteiger charge is 2.24. The molecule has 0 atom stereocenters. The predicted molar refractivity (Wildman–Crippen MR) is 83.6 cm³/mol. The Balaban J connectivity index is 1.73. The Kier molecular flexibility index (Phi) is 4.18. The summed E-state index contributed by atoms with van der Waals surface area (Å²) in [6.07, 6.45) is 4.89. The largest absolute Gasteiger partial charge is 0.465 e. The average molecular weight is 312 g/mol. The Bertz CT molecular complexity index is 726. The van der Waals surface area contributed by atoms with Crippen LogP contribution in [-0.2, 0) is 4.74 Å². The Labute approximate surface area is 133 Å². The van der Waals surface area contributed by atoms with Crippen LogP contribution in [0.25, 0.3) is 0 Å². The summed E-state index contributed by atoms with van der Waals surface area (Å²) >= 11 is 0. The van der Waals surface area contributed by atoms with Gasteiger partial charge in [0.1, 0.15) is 11.5 Å². The molecule has 1 fully saturated rings. The van der Waals surface area contributed by atoms with Gasteiger partial charge in [0.2, 0.25) is 0 Å². The third-order valence-corrected chi connectivity index (χ3v) is 3.39. The summed E-state index contributed by atoms with van der Waals surface area (Å²) in [4.78, 5) is 31.8. The molecule has 1 saturated carbocycles. The molecule has 0 aliphatic heterocycles. The molecule has 1 amide bonds. The number of amides is 1. The fourth-order valence-corrected chi connectivity index (χ4v) is 2.01. The molecule has 7 nitrogen and oxygen atoms in total. The van der Waals surface area contributed by atoms with Crippen LogP contribution in [0.2, 0.25) is 0 Å². The lowest BCUT2D eigenvalue weighted by Crippen LogP contribution is -2.26. The van der Waals surface area contributed by atoms with Gasteiger partial charge in [-0.2, -0.15) is 0 Å². The van der Waals surface area contributed by atoms with Crippen molar-refractivity contribution < 1.29 is 14.3 Å². The zero-order valence-electron chi connectivity index (χ0n) is 12.6. The first-order chi connectivity index (χ1) is 11.2. The molecule has 3 rings (SSSR count). The van der Waals surface area contributed by atoms with E-state index >= 15 is 0 Å². The minimum Gasteiger partial charge on any atom is -0.465 e. The Morgan fingerprint density at radius 1 is 1.17 bits per heavy atom. The van der Waals surface area contributed by atoms with Crippen LogP contribution >= 0.6 is 0 Å². The van der Waals surface area contributed by atoms with Crippen LogP contribution in [0.4, 0.5) is 11.5 Å². The van der Waals surface area contributed by atoms with Crippen LogP contribution in [0.5, 0.6) is 0 Å². The van der Waals surface area contributed by atoms with Crippen molar-refractivity contribution in [3.63, 3.8) is 0 Å². The highest BCUT2D eigenvalue weighted by molar-refractivity contribution is 5.96. The van der Waals surface area contributed by atoms with Gasteiger partial charge in [0.05, 0.1) is 30.8 Å². The monoisotopic (exact) mass is 312 g/mol. The molecule has 0 radical (unpaired) electrons. The molecule has 1 aliphatic rings. The minimum absolute atomic E-state index is 0.221. The van der Waals surface area contributed by atoms with Crippen molar-refractivity contribution in [3.05, 3.63) is 47.9 Å². The number of hydrogen-bond donors (Lipinski definition) is 2. The Morgan fingerprint density at radius 3 is 2.61 bits per heavy atom. The fraction of sp³-hybridized carbons (Fsp3) is 0.250. The van der Waals surface area contributed by atoms with E-state index in [0.29, 0.717) is 17.1 Å². The molecule has 0 bridgehead atoms. The maximum absolute atomic E-state index is 11.9. The van der Waals surface area contributed by atoms with Crippen LogP contribution < -0.4 is 10.6 Å². The van der Waals surface area contributed by atoms with E-state index in [1.54, 1.807) is 24.3 Å². The van der Waals surface area contributed by atoms with Crippen LogP contribution in [-0.4, -0.2) is 35.0 Å². The maximum Gasteiger partial charge on any atom is 0.339 e. The number of methoxy groups -OCH3 is 1. The second-order valence-corrected chi connectivity index (χ2v) is 5.20. The highest BCUT2D eigenvalue weighted by atomic mass is 16.5. The Morgan fingerprint density at radius 2 is 1.96 bits per heavy atom. The van der Waals surface area contributed by atoms with Crippen molar-refractivity contribution in [1.29, 1.82) is 0 Å². The number of carbonyl (C=O) groups is 2. The number of rotatable bonds is 5. The van der Waals surface area contributed by atoms with Gasteiger partial charge in [0.15, 0.2) is 0 Å². The second kappa shape index (κ2) is 6.43. The van der Waals surface area contributed by atoms with E-state index < -0.39 is 5.97 Å². The van der Waals surface area contributed by atoms with Crippen LogP contribution in [0.15, 0.2) is 36.7 Å². The van der Waals surface area contributed by atoms with Crippen LogP contribution in [0.3, 0.4) is 0 Å². The Hall–Kier alpha value is -2.96. The highest BCUT2D eigenvalue weighted by Crippen LogP contribution is 2.21. The molecule has 0 unspecified atom stereocenters. The molecule has 1 aromatic carbocycles. The van der Waals surface area contributed by atoms with Crippen LogP contribution in [0, 0.1) is 0 Å². The normalized spacial score (nSPS) is 13.3. The molecule has 1 aliphatic carbocycles. The number of para-hydroxylation sites is 1. The SMILES string of the molecule is COC(=O)c1ccccc1Nc1cnc(C(=O)NC2CC2)cn1. The standard InChI is InChI=1S/C16H16N4O3/c1-23-16(22)11-4-2-3-5-12(11)20-14-9-17-13(8-18-14)15(21)19-10-6-7-10/h2-5,8-10H,6-7H2,1H3,(H,18,20)(H,19,21). The molecule has 118 valence electrons. The summed E-state index contributed by atoms with van der Waals surface area (Å²) in [5.74, 6) is -0.229. The second-order valence-electron chi connectivity index (χ2n) is 5.20. The van der Waals surface area contributed by atoms with E-state index in [2.05, 4.69) is 20.6 Å². The van der Waals surface area contributed by atoms with Crippen molar-refractivity contribution in [2.45, 2.75) is 18.9 Å². The molecule has 1 aromatic heterocycles. The summed E-state index contributed by atoms with van der Waals surface area (Å²) < 4.78 is 4.74. The van der Waals surface area contributed by atoms with E-state index in [-0.39, 0.29) is 17.6 Å². The van der Waals surface area contributed by atoms with Gasteiger partial charge < -0.3 is 15.4 Å². The van der Waals surface area contributed by atoms with Gasteiger partial charge in [0.25, 0.3) is 5.91 Å². The number of carbonyl (C=O) groups excluding carboxylic acids is 2. The summed E-state index contributed by atoms with van der Waals surface area (Å²) in [6.45, 7) is 0.